The van der Waals surface area contributed by atoms with Crippen molar-refractivity contribution in [2.45, 2.75) is 13.1 Å². The molecule has 0 aliphatic carbocycles. The van der Waals surface area contributed by atoms with Crippen LogP contribution in [0.3, 0.4) is 0 Å². The van der Waals surface area contributed by atoms with Crippen molar-refractivity contribution in [2.75, 3.05) is 14.2 Å². The van der Waals surface area contributed by atoms with Crippen LogP contribution in [0.15, 0.2) is 42.7 Å². The molecular weight excluding hydrogens is 268 g/mol. The average Bonchev–Trinajstić information content (AvgIpc) is 2.47. The van der Waals surface area contributed by atoms with E-state index >= 15 is 0 Å². The van der Waals surface area contributed by atoms with Crippen LogP contribution in [0.25, 0.3) is 0 Å². The molecule has 0 aliphatic heterocycles. The topological polar surface area (TPSA) is 62.7 Å². The van der Waals surface area contributed by atoms with Crippen molar-refractivity contribution in [3.63, 3.8) is 0 Å². The van der Waals surface area contributed by atoms with Gasteiger partial charge in [0.2, 0.25) is 0 Å². The minimum absolute atomic E-state index is 0.179. The third kappa shape index (κ3) is 4.03. The molecule has 2 aromatic rings. The number of aromatic nitrogens is 1. The molecule has 0 unspecified atom stereocenters. The summed E-state index contributed by atoms with van der Waals surface area (Å²) < 4.78 is 5.14. The Labute approximate surface area is 123 Å². The van der Waals surface area contributed by atoms with Gasteiger partial charge in [-0.1, -0.05) is 6.07 Å². The number of nitrogens with zero attached hydrogens (tertiary/aromatic N) is 2. The van der Waals surface area contributed by atoms with Gasteiger partial charge >= 0.3 is 5.97 Å². The highest BCUT2D eigenvalue weighted by molar-refractivity contribution is 5.90. The molecule has 2 rings (SSSR count). The number of methoxy groups -OCH3 is 1. The lowest BCUT2D eigenvalue weighted by atomic mass is 10.1. The van der Waals surface area contributed by atoms with Gasteiger partial charge in [-0.2, -0.15) is 0 Å². The molecule has 0 spiro atoms. The average molecular weight is 286 g/mol. The van der Waals surface area contributed by atoms with Crippen LogP contribution in [0.1, 0.15) is 21.5 Å². The van der Waals surface area contributed by atoms with Crippen molar-refractivity contribution in [2.24, 2.45) is 0 Å². The number of carboxylic acid groups (broad SMARTS) is 1. The third-order valence-corrected chi connectivity index (χ3v) is 3.15. The second-order valence-corrected chi connectivity index (χ2v) is 4.87. The highest BCUT2D eigenvalue weighted by Crippen LogP contribution is 2.21. The molecule has 0 amide bonds. The van der Waals surface area contributed by atoms with Gasteiger partial charge in [0.25, 0.3) is 0 Å². The minimum atomic E-state index is -0.983. The Hall–Kier alpha value is -2.40. The molecule has 1 aromatic heterocycles. The van der Waals surface area contributed by atoms with E-state index in [1.807, 2.05) is 25.2 Å². The van der Waals surface area contributed by atoms with E-state index in [2.05, 4.69) is 9.88 Å². The summed E-state index contributed by atoms with van der Waals surface area (Å²) in [5.41, 5.74) is 2.37. The van der Waals surface area contributed by atoms with Gasteiger partial charge in [-0.15, -0.1) is 0 Å². The maximum atomic E-state index is 11.1. The lowest BCUT2D eigenvalue weighted by molar-refractivity contribution is 0.0693. The summed E-state index contributed by atoms with van der Waals surface area (Å²) in [7, 11) is 3.49. The van der Waals surface area contributed by atoms with Crippen molar-refractivity contribution in [3.8, 4) is 5.75 Å². The molecule has 1 heterocycles. The summed E-state index contributed by atoms with van der Waals surface area (Å²) >= 11 is 0. The maximum absolute atomic E-state index is 11.1. The summed E-state index contributed by atoms with van der Waals surface area (Å²) in [6.45, 7) is 1.50. The molecule has 1 aromatic carbocycles. The Kier molecular flexibility index (Phi) is 4.90. The molecule has 0 fully saturated rings. The first kappa shape index (κ1) is 15.0. The molecule has 110 valence electrons. The molecule has 0 bridgehead atoms. The van der Waals surface area contributed by atoms with Gasteiger partial charge < -0.3 is 9.84 Å². The Morgan fingerprint density at radius 3 is 2.48 bits per heavy atom. The van der Waals surface area contributed by atoms with Crippen molar-refractivity contribution in [1.82, 2.24) is 9.88 Å². The summed E-state index contributed by atoms with van der Waals surface area (Å²) in [5.74, 6) is -0.596. The van der Waals surface area contributed by atoms with Crippen LogP contribution in [0.4, 0.5) is 0 Å². The van der Waals surface area contributed by atoms with Gasteiger partial charge in [0.15, 0.2) is 0 Å². The maximum Gasteiger partial charge on any atom is 0.339 e. The van der Waals surface area contributed by atoms with Crippen LogP contribution < -0.4 is 4.74 Å². The van der Waals surface area contributed by atoms with Crippen molar-refractivity contribution in [1.29, 1.82) is 0 Å². The van der Waals surface area contributed by atoms with E-state index < -0.39 is 5.97 Å². The fourth-order valence-electron chi connectivity index (χ4n) is 2.18. The van der Waals surface area contributed by atoms with E-state index in [-0.39, 0.29) is 5.56 Å². The second kappa shape index (κ2) is 6.85. The summed E-state index contributed by atoms with van der Waals surface area (Å²) in [4.78, 5) is 17.2. The molecule has 1 N–H and O–H groups in total. The molecule has 0 saturated heterocycles. The van der Waals surface area contributed by atoms with Crippen molar-refractivity contribution < 1.29 is 14.6 Å². The molecule has 5 nitrogen and oxygen atoms in total. The van der Waals surface area contributed by atoms with Crippen molar-refractivity contribution in [3.05, 3.63) is 59.4 Å². The third-order valence-electron chi connectivity index (χ3n) is 3.15. The predicted molar refractivity (Wildman–Crippen MR) is 79.4 cm³/mol. The summed E-state index contributed by atoms with van der Waals surface area (Å²) in [6, 6.07) is 9.12. The highest BCUT2D eigenvalue weighted by Gasteiger charge is 2.12. The SMILES string of the molecule is COc1cc(CN(C)Cc2ccncc2)ccc1C(=O)O. The van der Waals surface area contributed by atoms with Gasteiger partial charge in [-0.3, -0.25) is 9.88 Å². The number of rotatable bonds is 6. The van der Waals surface area contributed by atoms with E-state index in [9.17, 15) is 4.79 Å². The molecule has 0 atom stereocenters. The van der Waals surface area contributed by atoms with Gasteiger partial charge in [0.1, 0.15) is 11.3 Å². The number of carboxylic acids is 1. The first-order chi connectivity index (χ1) is 10.1. The van der Waals surface area contributed by atoms with Gasteiger partial charge in [-0.25, -0.2) is 4.79 Å². The standard InChI is InChI=1S/C16H18N2O3/c1-18(10-12-5-7-17-8-6-12)11-13-3-4-14(16(19)20)15(9-13)21-2/h3-9H,10-11H2,1-2H3,(H,19,20). The largest absolute Gasteiger partial charge is 0.496 e. The van der Waals surface area contributed by atoms with Gasteiger partial charge in [-0.05, 0) is 42.4 Å². The Morgan fingerprint density at radius 2 is 1.86 bits per heavy atom. The second-order valence-electron chi connectivity index (χ2n) is 4.87. The highest BCUT2D eigenvalue weighted by atomic mass is 16.5. The Balaban J connectivity index is 2.07. The van der Waals surface area contributed by atoms with Crippen LogP contribution in [0, 0.1) is 0 Å². The predicted octanol–water partition coefficient (Wildman–Crippen LogP) is 2.42. The number of ether oxygens (including phenoxy) is 1. The molecule has 0 aliphatic rings. The van der Waals surface area contributed by atoms with Crippen LogP contribution in [-0.2, 0) is 13.1 Å². The number of hydrogen-bond donors (Lipinski definition) is 1. The first-order valence-electron chi connectivity index (χ1n) is 6.58. The first-order valence-corrected chi connectivity index (χ1v) is 6.58. The molecule has 0 saturated carbocycles. The fraction of sp³-hybridized carbons (Fsp3) is 0.250. The lowest BCUT2D eigenvalue weighted by Gasteiger charge is -2.17. The number of hydrogen-bond acceptors (Lipinski definition) is 4. The smallest absolute Gasteiger partial charge is 0.339 e. The van der Waals surface area contributed by atoms with Crippen LogP contribution >= 0.6 is 0 Å². The molecule has 0 radical (unpaired) electrons. The van der Waals surface area contributed by atoms with Crippen LogP contribution in [-0.4, -0.2) is 35.1 Å². The number of aromatic carboxylic acids is 1. The lowest BCUT2D eigenvalue weighted by Crippen LogP contribution is -2.17. The monoisotopic (exact) mass is 286 g/mol. The van der Waals surface area contributed by atoms with Crippen LogP contribution in [0.5, 0.6) is 5.75 Å². The van der Waals surface area contributed by atoms with E-state index in [0.29, 0.717) is 12.3 Å². The summed E-state index contributed by atoms with van der Waals surface area (Å²) in [6.07, 6.45) is 3.54. The van der Waals surface area contributed by atoms with Gasteiger partial charge in [0, 0.05) is 25.5 Å². The zero-order valence-corrected chi connectivity index (χ0v) is 12.1. The van der Waals surface area contributed by atoms with Crippen molar-refractivity contribution >= 4 is 5.97 Å². The van der Waals surface area contributed by atoms with E-state index in [0.717, 1.165) is 12.1 Å². The van der Waals surface area contributed by atoms with E-state index in [1.54, 1.807) is 24.5 Å². The van der Waals surface area contributed by atoms with Crippen LogP contribution in [0.2, 0.25) is 0 Å². The number of pyridine rings is 1. The fourth-order valence-corrected chi connectivity index (χ4v) is 2.18. The number of benzene rings is 1. The van der Waals surface area contributed by atoms with Gasteiger partial charge in [0.05, 0.1) is 7.11 Å². The quantitative estimate of drug-likeness (QED) is 0.883. The Bertz CT molecular complexity index is 614. The van der Waals surface area contributed by atoms with E-state index in [1.165, 1.54) is 12.7 Å². The Morgan fingerprint density at radius 1 is 1.19 bits per heavy atom. The van der Waals surface area contributed by atoms with E-state index in [4.69, 9.17) is 9.84 Å². The zero-order valence-electron chi connectivity index (χ0n) is 12.1. The number of carbonyl (C=O) groups is 1. The molecule has 5 heteroatoms. The molecular formula is C16H18N2O3. The minimum Gasteiger partial charge on any atom is -0.496 e. The normalized spacial score (nSPS) is 10.6. The summed E-state index contributed by atoms with van der Waals surface area (Å²) in [5, 5.41) is 9.07. The molecule has 21 heavy (non-hydrogen) atoms. The zero-order chi connectivity index (χ0) is 15.2.